The van der Waals surface area contributed by atoms with Gasteiger partial charge in [0.1, 0.15) is 5.75 Å². The van der Waals surface area contributed by atoms with Gasteiger partial charge in [0.2, 0.25) is 0 Å². The van der Waals surface area contributed by atoms with Gasteiger partial charge in [-0.25, -0.2) is 0 Å². The Balaban J connectivity index is 2.00. The van der Waals surface area contributed by atoms with Crippen molar-refractivity contribution in [3.8, 4) is 5.75 Å². The van der Waals surface area contributed by atoms with Crippen molar-refractivity contribution < 1.29 is 9.53 Å². The van der Waals surface area contributed by atoms with Gasteiger partial charge in [-0.15, -0.1) is 0 Å². The van der Waals surface area contributed by atoms with Crippen LogP contribution < -0.4 is 10.5 Å². The maximum atomic E-state index is 12.4. The number of carbonyl (C=O) groups excluding carboxylic acids is 1. The van der Waals surface area contributed by atoms with Crippen molar-refractivity contribution in [3.05, 3.63) is 28.2 Å². The predicted octanol–water partition coefficient (Wildman–Crippen LogP) is 2.47. The summed E-state index contributed by atoms with van der Waals surface area (Å²) >= 11 is 3.46. The van der Waals surface area contributed by atoms with Crippen LogP contribution >= 0.6 is 15.9 Å². The summed E-state index contributed by atoms with van der Waals surface area (Å²) in [6.07, 6.45) is 1.45. The van der Waals surface area contributed by atoms with Gasteiger partial charge in [0, 0.05) is 19.1 Å². The molecule has 1 heterocycles. The van der Waals surface area contributed by atoms with Crippen LogP contribution in [-0.2, 0) is 4.79 Å². The molecule has 2 rings (SSSR count). The number of ether oxygens (including phenoxy) is 1. The molecule has 1 aliphatic heterocycles. The Morgan fingerprint density at radius 3 is 2.95 bits per heavy atom. The second-order valence-corrected chi connectivity index (χ2v) is 6.23. The summed E-state index contributed by atoms with van der Waals surface area (Å²) in [6.45, 7) is 5.20. The van der Waals surface area contributed by atoms with Gasteiger partial charge in [-0.05, 0) is 60.3 Å². The number of hydrogen-bond donors (Lipinski definition) is 1. The van der Waals surface area contributed by atoms with Crippen LogP contribution in [0.2, 0.25) is 0 Å². The van der Waals surface area contributed by atoms with Crippen molar-refractivity contribution in [2.24, 2.45) is 5.73 Å². The Kier molecular flexibility index (Phi) is 5.05. The largest absolute Gasteiger partial charge is 0.480 e. The number of nitrogens with two attached hydrogens (primary N) is 1. The van der Waals surface area contributed by atoms with E-state index in [1.54, 1.807) is 11.8 Å². The lowest BCUT2D eigenvalue weighted by Gasteiger charge is -2.32. The first-order chi connectivity index (χ1) is 9.47. The number of likely N-dealkylation sites (tertiary alicyclic amines) is 1. The molecule has 1 aliphatic rings. The van der Waals surface area contributed by atoms with E-state index in [9.17, 15) is 4.79 Å². The zero-order valence-electron chi connectivity index (χ0n) is 11.9. The molecule has 5 heteroatoms. The number of rotatable bonds is 3. The molecule has 0 aliphatic carbocycles. The van der Waals surface area contributed by atoms with Crippen LogP contribution in [0.15, 0.2) is 22.7 Å². The summed E-state index contributed by atoms with van der Waals surface area (Å²) in [5, 5.41) is 0. The molecule has 110 valence electrons. The van der Waals surface area contributed by atoms with Gasteiger partial charge in [0.15, 0.2) is 6.10 Å². The minimum atomic E-state index is -0.501. The third-order valence-corrected chi connectivity index (χ3v) is 4.13. The molecule has 2 atom stereocenters. The summed E-state index contributed by atoms with van der Waals surface area (Å²) in [5.74, 6) is 0.699. The third-order valence-electron chi connectivity index (χ3n) is 3.51. The second-order valence-electron chi connectivity index (χ2n) is 5.38. The topological polar surface area (TPSA) is 55.6 Å². The highest BCUT2D eigenvalue weighted by Crippen LogP contribution is 2.27. The van der Waals surface area contributed by atoms with E-state index in [2.05, 4.69) is 15.9 Å². The van der Waals surface area contributed by atoms with Crippen molar-refractivity contribution >= 4 is 21.8 Å². The quantitative estimate of drug-likeness (QED) is 0.919. The van der Waals surface area contributed by atoms with Crippen LogP contribution in [0.1, 0.15) is 25.3 Å². The van der Waals surface area contributed by atoms with Crippen molar-refractivity contribution in [2.45, 2.75) is 38.8 Å². The molecule has 0 bridgehead atoms. The van der Waals surface area contributed by atoms with Crippen LogP contribution in [0, 0.1) is 6.92 Å². The van der Waals surface area contributed by atoms with Crippen LogP contribution in [0.5, 0.6) is 5.75 Å². The molecule has 1 aromatic rings. The normalized spacial score (nSPS) is 20.6. The lowest BCUT2D eigenvalue weighted by Crippen LogP contribution is -2.49. The summed E-state index contributed by atoms with van der Waals surface area (Å²) in [4.78, 5) is 14.2. The lowest BCUT2D eigenvalue weighted by atomic mass is 10.1. The lowest BCUT2D eigenvalue weighted by molar-refractivity contribution is -0.139. The molecule has 1 amide bonds. The Labute approximate surface area is 128 Å². The van der Waals surface area contributed by atoms with Crippen molar-refractivity contribution in [1.82, 2.24) is 4.90 Å². The molecule has 0 unspecified atom stereocenters. The number of benzene rings is 1. The van der Waals surface area contributed by atoms with Crippen molar-refractivity contribution in [3.63, 3.8) is 0 Å². The Morgan fingerprint density at radius 2 is 2.30 bits per heavy atom. The highest BCUT2D eigenvalue weighted by Gasteiger charge is 2.26. The van der Waals surface area contributed by atoms with Gasteiger partial charge in [0.25, 0.3) is 5.91 Å². The number of amides is 1. The number of nitrogens with zero attached hydrogens (tertiary/aromatic N) is 1. The second kappa shape index (κ2) is 6.59. The van der Waals surface area contributed by atoms with Crippen LogP contribution in [0.4, 0.5) is 0 Å². The van der Waals surface area contributed by atoms with E-state index in [0.29, 0.717) is 12.3 Å². The first-order valence-corrected chi connectivity index (χ1v) is 7.74. The van der Waals surface area contributed by atoms with Gasteiger partial charge in [0.05, 0.1) is 4.47 Å². The molecule has 1 fully saturated rings. The first kappa shape index (κ1) is 15.3. The Bertz CT molecular complexity index is 493. The van der Waals surface area contributed by atoms with E-state index in [4.69, 9.17) is 10.5 Å². The molecule has 4 nitrogen and oxygen atoms in total. The molecule has 1 aromatic carbocycles. The first-order valence-electron chi connectivity index (χ1n) is 6.94. The fourth-order valence-corrected chi connectivity index (χ4v) is 3.00. The standard InChI is InChI=1S/C15H21BrN2O2/c1-10-5-6-14(13(16)8-10)20-11(2)15(19)18-7-3-4-12(17)9-18/h5-6,8,11-12H,3-4,7,9,17H2,1-2H3/t11-,12-/m0/s1. The van der Waals surface area contributed by atoms with Crippen molar-refractivity contribution in [2.75, 3.05) is 13.1 Å². The molecular formula is C15H21BrN2O2. The number of aryl methyl sites for hydroxylation is 1. The van der Waals surface area contributed by atoms with Crippen LogP contribution in [0.25, 0.3) is 0 Å². The van der Waals surface area contributed by atoms with Gasteiger partial charge in [-0.1, -0.05) is 6.07 Å². The van der Waals surface area contributed by atoms with Crippen molar-refractivity contribution in [1.29, 1.82) is 0 Å². The molecule has 0 spiro atoms. The van der Waals surface area contributed by atoms with E-state index in [0.717, 1.165) is 29.4 Å². The minimum absolute atomic E-state index is 0.00706. The highest BCUT2D eigenvalue weighted by molar-refractivity contribution is 9.10. The van der Waals surface area contributed by atoms with E-state index in [-0.39, 0.29) is 11.9 Å². The number of hydrogen-bond acceptors (Lipinski definition) is 3. The van der Waals surface area contributed by atoms with E-state index in [1.807, 2.05) is 25.1 Å². The van der Waals surface area contributed by atoms with E-state index < -0.39 is 6.10 Å². The average Bonchev–Trinajstić information content (AvgIpc) is 2.41. The zero-order valence-corrected chi connectivity index (χ0v) is 13.5. The smallest absolute Gasteiger partial charge is 0.263 e. The monoisotopic (exact) mass is 340 g/mol. The SMILES string of the molecule is Cc1ccc(O[C@@H](C)C(=O)N2CCC[C@H](N)C2)c(Br)c1. The van der Waals surface area contributed by atoms with Gasteiger partial charge >= 0.3 is 0 Å². The fourth-order valence-electron chi connectivity index (χ4n) is 2.41. The Morgan fingerprint density at radius 1 is 1.55 bits per heavy atom. The highest BCUT2D eigenvalue weighted by atomic mass is 79.9. The van der Waals surface area contributed by atoms with Crippen LogP contribution in [-0.4, -0.2) is 36.0 Å². The van der Waals surface area contributed by atoms with E-state index >= 15 is 0 Å². The average molecular weight is 341 g/mol. The predicted molar refractivity (Wildman–Crippen MR) is 82.8 cm³/mol. The molecule has 1 saturated heterocycles. The molecular weight excluding hydrogens is 320 g/mol. The maximum absolute atomic E-state index is 12.4. The fraction of sp³-hybridized carbons (Fsp3) is 0.533. The molecule has 2 N–H and O–H groups in total. The van der Waals surface area contributed by atoms with Crippen LogP contribution in [0.3, 0.4) is 0 Å². The summed E-state index contributed by atoms with van der Waals surface area (Å²) in [6, 6.07) is 5.91. The maximum Gasteiger partial charge on any atom is 0.263 e. The third kappa shape index (κ3) is 3.73. The molecule has 20 heavy (non-hydrogen) atoms. The van der Waals surface area contributed by atoms with Gasteiger partial charge < -0.3 is 15.4 Å². The summed E-state index contributed by atoms with van der Waals surface area (Å²) < 4.78 is 6.64. The van der Waals surface area contributed by atoms with E-state index in [1.165, 1.54) is 0 Å². The zero-order chi connectivity index (χ0) is 14.7. The molecule has 0 saturated carbocycles. The summed E-state index contributed by atoms with van der Waals surface area (Å²) in [7, 11) is 0. The number of halogens is 1. The summed E-state index contributed by atoms with van der Waals surface area (Å²) in [5.41, 5.74) is 7.06. The molecule has 0 radical (unpaired) electrons. The van der Waals surface area contributed by atoms with Gasteiger partial charge in [-0.2, -0.15) is 0 Å². The molecule has 0 aromatic heterocycles. The Hall–Kier alpha value is -1.07. The van der Waals surface area contributed by atoms with Gasteiger partial charge in [-0.3, -0.25) is 4.79 Å². The minimum Gasteiger partial charge on any atom is -0.480 e. The number of piperidine rings is 1. The number of carbonyl (C=O) groups is 1.